The molecule has 0 saturated carbocycles. The van der Waals surface area contributed by atoms with E-state index < -0.39 is 0 Å². The van der Waals surface area contributed by atoms with Gasteiger partial charge < -0.3 is 19.1 Å². The van der Waals surface area contributed by atoms with E-state index in [1.54, 1.807) is 23.1 Å². The Bertz CT molecular complexity index is 1140. The number of aromatic nitrogens is 1. The van der Waals surface area contributed by atoms with Crippen LogP contribution in [0.3, 0.4) is 0 Å². The van der Waals surface area contributed by atoms with Gasteiger partial charge in [-0.3, -0.25) is 9.59 Å². The van der Waals surface area contributed by atoms with Crippen LogP contribution in [-0.4, -0.2) is 52.9 Å². The Balaban J connectivity index is 1.77. The van der Waals surface area contributed by atoms with Crippen molar-refractivity contribution < 1.29 is 14.3 Å². The Morgan fingerprint density at radius 3 is 2.40 bits per heavy atom. The summed E-state index contributed by atoms with van der Waals surface area (Å²) in [5.74, 6) is 0.477. The highest BCUT2D eigenvalue weighted by Gasteiger charge is 2.24. The molecule has 0 aliphatic carbocycles. The molecule has 0 spiro atoms. The predicted molar refractivity (Wildman–Crippen MR) is 140 cm³/mol. The third-order valence-electron chi connectivity index (χ3n) is 5.85. The molecule has 0 unspecified atom stereocenters. The highest BCUT2D eigenvalue weighted by atomic mass is 35.5. The van der Waals surface area contributed by atoms with Gasteiger partial charge in [-0.15, -0.1) is 0 Å². The number of benzene rings is 2. The van der Waals surface area contributed by atoms with Crippen molar-refractivity contribution >= 4 is 23.4 Å². The number of ether oxygens (including phenoxy) is 1. The van der Waals surface area contributed by atoms with Crippen molar-refractivity contribution in [2.45, 2.75) is 33.9 Å². The van der Waals surface area contributed by atoms with E-state index in [2.05, 4.69) is 18.4 Å². The number of carbonyl (C=O) groups is 2. The van der Waals surface area contributed by atoms with Crippen LogP contribution >= 0.6 is 11.6 Å². The molecule has 0 saturated heterocycles. The van der Waals surface area contributed by atoms with Gasteiger partial charge in [-0.2, -0.15) is 0 Å². The molecule has 0 radical (unpaired) electrons. The van der Waals surface area contributed by atoms with Gasteiger partial charge in [-0.1, -0.05) is 55.8 Å². The minimum Gasteiger partial charge on any atom is -0.496 e. The standard InChI is InChI=1S/C28H34ClN3O3/c1-5-30(28(34)24-13-7-9-15-26(24)35-4)20-27(33)32(17-21(2)3)19-23-12-10-16-31(23)18-22-11-6-8-14-25(22)29/h6-16,21H,5,17-20H2,1-4H3. The number of carbonyl (C=O) groups excluding carboxylic acids is 2. The number of hydrogen-bond donors (Lipinski definition) is 0. The molecule has 7 heteroatoms. The van der Waals surface area contributed by atoms with E-state index in [-0.39, 0.29) is 24.3 Å². The van der Waals surface area contributed by atoms with Crippen molar-refractivity contribution in [1.29, 1.82) is 0 Å². The second kappa shape index (κ2) is 12.5. The summed E-state index contributed by atoms with van der Waals surface area (Å²) in [6.45, 7) is 8.14. The van der Waals surface area contributed by atoms with Gasteiger partial charge in [0.2, 0.25) is 5.91 Å². The largest absolute Gasteiger partial charge is 0.496 e. The van der Waals surface area contributed by atoms with E-state index in [0.717, 1.165) is 16.3 Å². The molecule has 2 aromatic carbocycles. The number of likely N-dealkylation sites (N-methyl/N-ethyl adjacent to an activating group) is 1. The van der Waals surface area contributed by atoms with Gasteiger partial charge in [0.05, 0.1) is 19.2 Å². The summed E-state index contributed by atoms with van der Waals surface area (Å²) in [6, 6.07) is 18.9. The molecule has 0 bridgehead atoms. The Labute approximate surface area is 213 Å². The van der Waals surface area contributed by atoms with Crippen LogP contribution in [0.25, 0.3) is 0 Å². The van der Waals surface area contributed by atoms with Crippen LogP contribution in [0.1, 0.15) is 42.4 Å². The Morgan fingerprint density at radius 2 is 1.71 bits per heavy atom. The minimum absolute atomic E-state index is 0.00528. The molecular weight excluding hydrogens is 462 g/mol. The maximum Gasteiger partial charge on any atom is 0.258 e. The Hall–Kier alpha value is -3.25. The van der Waals surface area contributed by atoms with E-state index in [4.69, 9.17) is 16.3 Å². The summed E-state index contributed by atoms with van der Waals surface area (Å²) in [5.41, 5.74) is 2.49. The van der Waals surface area contributed by atoms with Crippen molar-refractivity contribution in [2.24, 2.45) is 5.92 Å². The molecule has 0 fully saturated rings. The number of methoxy groups -OCH3 is 1. The maximum absolute atomic E-state index is 13.5. The van der Waals surface area contributed by atoms with Crippen LogP contribution in [0.15, 0.2) is 66.9 Å². The first-order valence-electron chi connectivity index (χ1n) is 11.9. The van der Waals surface area contributed by atoms with Crippen molar-refractivity contribution in [1.82, 2.24) is 14.4 Å². The molecule has 2 amide bonds. The molecular formula is C28H34ClN3O3. The topological polar surface area (TPSA) is 54.8 Å². The molecule has 0 aliphatic heterocycles. The van der Waals surface area contributed by atoms with Crippen molar-refractivity contribution in [2.75, 3.05) is 26.7 Å². The van der Waals surface area contributed by atoms with Crippen LogP contribution in [0.2, 0.25) is 5.02 Å². The molecule has 35 heavy (non-hydrogen) atoms. The van der Waals surface area contributed by atoms with Gasteiger partial charge in [0.25, 0.3) is 5.91 Å². The second-order valence-electron chi connectivity index (χ2n) is 8.91. The van der Waals surface area contributed by atoms with Gasteiger partial charge in [0.1, 0.15) is 12.3 Å². The van der Waals surface area contributed by atoms with E-state index in [0.29, 0.717) is 37.5 Å². The average molecular weight is 496 g/mol. The van der Waals surface area contributed by atoms with E-state index >= 15 is 0 Å². The van der Waals surface area contributed by atoms with Crippen LogP contribution in [-0.2, 0) is 17.9 Å². The fourth-order valence-corrected chi connectivity index (χ4v) is 4.23. The van der Waals surface area contributed by atoms with E-state index in [1.165, 1.54) is 7.11 Å². The van der Waals surface area contributed by atoms with E-state index in [9.17, 15) is 9.59 Å². The van der Waals surface area contributed by atoms with Gasteiger partial charge in [-0.25, -0.2) is 0 Å². The number of hydrogen-bond acceptors (Lipinski definition) is 3. The van der Waals surface area contributed by atoms with Gasteiger partial charge >= 0.3 is 0 Å². The highest BCUT2D eigenvalue weighted by Crippen LogP contribution is 2.21. The lowest BCUT2D eigenvalue weighted by Crippen LogP contribution is -2.44. The zero-order valence-electron chi connectivity index (χ0n) is 20.9. The highest BCUT2D eigenvalue weighted by molar-refractivity contribution is 6.31. The van der Waals surface area contributed by atoms with Crippen molar-refractivity contribution in [3.05, 3.63) is 88.7 Å². The Morgan fingerprint density at radius 1 is 1.00 bits per heavy atom. The van der Waals surface area contributed by atoms with Crippen LogP contribution in [0.4, 0.5) is 0 Å². The first kappa shape index (κ1) is 26.4. The molecule has 1 aromatic heterocycles. The lowest BCUT2D eigenvalue weighted by molar-refractivity contribution is -0.133. The third-order valence-corrected chi connectivity index (χ3v) is 6.21. The number of para-hydroxylation sites is 1. The summed E-state index contributed by atoms with van der Waals surface area (Å²) in [4.78, 5) is 30.1. The summed E-state index contributed by atoms with van der Waals surface area (Å²) < 4.78 is 7.46. The van der Waals surface area contributed by atoms with Crippen LogP contribution < -0.4 is 4.74 Å². The number of nitrogens with zero attached hydrogens (tertiary/aromatic N) is 3. The number of amides is 2. The molecule has 0 N–H and O–H groups in total. The molecule has 0 atom stereocenters. The normalized spacial score (nSPS) is 10.9. The van der Waals surface area contributed by atoms with E-state index in [1.807, 2.05) is 60.5 Å². The summed E-state index contributed by atoms with van der Waals surface area (Å²) >= 11 is 6.37. The van der Waals surface area contributed by atoms with Crippen molar-refractivity contribution in [3.8, 4) is 5.75 Å². The number of rotatable bonds is 11. The second-order valence-corrected chi connectivity index (χ2v) is 9.31. The average Bonchev–Trinajstić information content (AvgIpc) is 3.29. The smallest absolute Gasteiger partial charge is 0.258 e. The molecule has 3 rings (SSSR count). The fourth-order valence-electron chi connectivity index (χ4n) is 4.03. The van der Waals surface area contributed by atoms with Gasteiger partial charge in [-0.05, 0) is 48.7 Å². The Kier molecular flexibility index (Phi) is 9.38. The zero-order valence-corrected chi connectivity index (χ0v) is 21.7. The monoisotopic (exact) mass is 495 g/mol. The maximum atomic E-state index is 13.5. The third kappa shape index (κ3) is 6.89. The van der Waals surface area contributed by atoms with Crippen LogP contribution in [0, 0.1) is 5.92 Å². The number of halogens is 1. The van der Waals surface area contributed by atoms with Gasteiger partial charge in [0.15, 0.2) is 0 Å². The summed E-state index contributed by atoms with van der Waals surface area (Å²) in [5, 5.41) is 0.718. The minimum atomic E-state index is -0.218. The van der Waals surface area contributed by atoms with Crippen LogP contribution in [0.5, 0.6) is 5.75 Å². The lowest BCUT2D eigenvalue weighted by atomic mass is 10.1. The SMILES string of the molecule is CCN(CC(=O)N(Cc1cccn1Cc1ccccc1Cl)CC(C)C)C(=O)c1ccccc1OC. The molecule has 186 valence electrons. The first-order valence-corrected chi connectivity index (χ1v) is 12.3. The van der Waals surface area contributed by atoms with Crippen molar-refractivity contribution in [3.63, 3.8) is 0 Å². The predicted octanol–water partition coefficient (Wildman–Crippen LogP) is 5.35. The molecule has 0 aliphatic rings. The molecule has 6 nitrogen and oxygen atoms in total. The zero-order chi connectivity index (χ0) is 25.4. The fraction of sp³-hybridized carbons (Fsp3) is 0.357. The summed E-state index contributed by atoms with van der Waals surface area (Å²) in [7, 11) is 1.54. The van der Waals surface area contributed by atoms with Gasteiger partial charge in [0, 0.05) is 36.5 Å². The first-order chi connectivity index (χ1) is 16.8. The molecule has 3 aromatic rings. The molecule has 1 heterocycles. The summed E-state index contributed by atoms with van der Waals surface area (Å²) in [6.07, 6.45) is 2.00. The lowest BCUT2D eigenvalue weighted by Gasteiger charge is -2.29. The quantitative estimate of drug-likeness (QED) is 0.360.